The molecule has 1 aliphatic heterocycles. The van der Waals surface area contributed by atoms with E-state index in [1.807, 2.05) is 25.1 Å². The van der Waals surface area contributed by atoms with Crippen molar-refractivity contribution in [1.82, 2.24) is 19.4 Å². The highest BCUT2D eigenvalue weighted by atomic mass is 32.1. The molecule has 1 aromatic carbocycles. The van der Waals surface area contributed by atoms with Crippen molar-refractivity contribution in [1.29, 1.82) is 0 Å². The number of aromatic nitrogens is 3. The third-order valence-electron chi connectivity index (χ3n) is 5.78. The molecule has 0 unspecified atom stereocenters. The number of anilines is 2. The number of nitrogens with zero attached hydrogens (tertiary/aromatic N) is 5. The maximum absolute atomic E-state index is 13.0. The van der Waals surface area contributed by atoms with E-state index in [0.717, 1.165) is 61.1 Å². The second-order valence-electron chi connectivity index (χ2n) is 7.76. The molecule has 8 nitrogen and oxygen atoms in total. The molecule has 0 bridgehead atoms. The lowest BCUT2D eigenvalue weighted by atomic mass is 10.1. The van der Waals surface area contributed by atoms with E-state index in [2.05, 4.69) is 38.9 Å². The molecule has 0 atom stereocenters. The van der Waals surface area contributed by atoms with Crippen molar-refractivity contribution in [2.45, 2.75) is 33.7 Å². The van der Waals surface area contributed by atoms with Crippen LogP contribution in [0.5, 0.6) is 0 Å². The van der Waals surface area contributed by atoms with Gasteiger partial charge in [0.25, 0.3) is 5.56 Å². The van der Waals surface area contributed by atoms with Crippen LogP contribution in [0.1, 0.15) is 25.0 Å². The normalized spacial score (nSPS) is 14.9. The van der Waals surface area contributed by atoms with Crippen molar-refractivity contribution >= 4 is 38.4 Å². The first kappa shape index (κ1) is 21.5. The van der Waals surface area contributed by atoms with Gasteiger partial charge in [0.2, 0.25) is 5.91 Å². The third-order valence-corrected chi connectivity index (χ3v) is 6.87. The Morgan fingerprint density at radius 3 is 2.68 bits per heavy atom. The van der Waals surface area contributed by atoms with Crippen molar-refractivity contribution in [3.05, 3.63) is 46.0 Å². The summed E-state index contributed by atoms with van der Waals surface area (Å²) in [5.41, 5.74) is 3.13. The van der Waals surface area contributed by atoms with Gasteiger partial charge < -0.3 is 15.1 Å². The van der Waals surface area contributed by atoms with E-state index >= 15 is 0 Å². The monoisotopic (exact) mass is 440 g/mol. The first-order valence-electron chi connectivity index (χ1n) is 10.7. The Balaban J connectivity index is 1.52. The average Bonchev–Trinajstić information content (AvgIpc) is 3.22. The van der Waals surface area contributed by atoms with Gasteiger partial charge in [-0.2, -0.15) is 4.98 Å². The Labute approximate surface area is 185 Å². The second kappa shape index (κ2) is 9.15. The fourth-order valence-corrected chi connectivity index (χ4v) is 4.89. The predicted octanol–water partition coefficient (Wildman–Crippen LogP) is 2.50. The summed E-state index contributed by atoms with van der Waals surface area (Å²) < 4.78 is 1.85. The minimum atomic E-state index is -0.243. The van der Waals surface area contributed by atoms with Crippen LogP contribution in [0, 0.1) is 6.92 Å². The van der Waals surface area contributed by atoms with Crippen LogP contribution in [0.3, 0.4) is 0 Å². The zero-order valence-corrected chi connectivity index (χ0v) is 19.0. The Morgan fingerprint density at radius 1 is 1.19 bits per heavy atom. The van der Waals surface area contributed by atoms with Gasteiger partial charge in [0.1, 0.15) is 17.6 Å². The number of likely N-dealkylation sites (N-methyl/N-ethyl adjacent to an activating group) is 1. The summed E-state index contributed by atoms with van der Waals surface area (Å²) in [6.45, 7) is 10.9. The Bertz CT molecular complexity index is 1150. The quantitative estimate of drug-likeness (QED) is 0.634. The number of hydrogen-bond donors (Lipinski definition) is 1. The minimum Gasteiger partial charge on any atom is -0.345 e. The summed E-state index contributed by atoms with van der Waals surface area (Å²) >= 11 is 1.36. The first-order valence-corrected chi connectivity index (χ1v) is 11.5. The number of benzene rings is 1. The standard InChI is InChI=1S/C22H28N6O2S/c1-4-16-8-6-7-15(3)18(16)24-17(29)13-28-14-23-20-19(21(28)30)31-22(25-20)27-11-9-26(5-2)10-12-27/h6-8,14H,4-5,9-13H2,1-3H3,(H,24,29). The number of piperazine rings is 1. The van der Waals surface area contributed by atoms with Crippen LogP contribution < -0.4 is 15.8 Å². The Kier molecular flexibility index (Phi) is 6.33. The SMILES string of the molecule is CCc1cccc(C)c1NC(=O)Cn1cnc2nc(N3CCN(CC)CC3)sc2c1=O. The number of rotatable bonds is 6. The van der Waals surface area contributed by atoms with Crippen LogP contribution in [0.4, 0.5) is 10.8 Å². The van der Waals surface area contributed by atoms with Crippen LogP contribution in [0.2, 0.25) is 0 Å². The Hall–Kier alpha value is -2.78. The molecule has 164 valence electrons. The molecule has 1 fully saturated rings. The van der Waals surface area contributed by atoms with Gasteiger partial charge in [-0.3, -0.25) is 14.2 Å². The fraction of sp³-hybridized carbons (Fsp3) is 0.455. The number of hydrogen-bond acceptors (Lipinski definition) is 7. The molecule has 4 rings (SSSR count). The smallest absolute Gasteiger partial charge is 0.273 e. The van der Waals surface area contributed by atoms with Crippen LogP contribution in [0.25, 0.3) is 10.3 Å². The van der Waals surface area contributed by atoms with Crippen molar-refractivity contribution in [2.75, 3.05) is 42.9 Å². The van der Waals surface area contributed by atoms with Gasteiger partial charge in [-0.25, -0.2) is 4.98 Å². The highest BCUT2D eigenvalue weighted by Crippen LogP contribution is 2.26. The lowest BCUT2D eigenvalue weighted by Gasteiger charge is -2.33. The van der Waals surface area contributed by atoms with Crippen LogP contribution in [-0.2, 0) is 17.8 Å². The van der Waals surface area contributed by atoms with Gasteiger partial charge in [-0.05, 0) is 31.0 Å². The van der Waals surface area contributed by atoms with Crippen molar-refractivity contribution < 1.29 is 4.79 Å². The summed E-state index contributed by atoms with van der Waals surface area (Å²) in [7, 11) is 0. The van der Waals surface area contributed by atoms with Gasteiger partial charge in [-0.1, -0.05) is 43.4 Å². The molecule has 0 aliphatic carbocycles. The average molecular weight is 441 g/mol. The summed E-state index contributed by atoms with van der Waals surface area (Å²) in [6, 6.07) is 5.95. The molecule has 1 amide bonds. The van der Waals surface area contributed by atoms with E-state index in [1.165, 1.54) is 22.2 Å². The van der Waals surface area contributed by atoms with E-state index in [9.17, 15) is 9.59 Å². The van der Waals surface area contributed by atoms with Crippen molar-refractivity contribution in [3.63, 3.8) is 0 Å². The van der Waals surface area contributed by atoms with Crippen LogP contribution in [0.15, 0.2) is 29.3 Å². The maximum atomic E-state index is 13.0. The molecular formula is C22H28N6O2S. The van der Waals surface area contributed by atoms with E-state index < -0.39 is 0 Å². The molecule has 1 saturated heterocycles. The number of amides is 1. The van der Waals surface area contributed by atoms with Gasteiger partial charge in [0.15, 0.2) is 10.8 Å². The highest BCUT2D eigenvalue weighted by Gasteiger charge is 2.21. The summed E-state index contributed by atoms with van der Waals surface area (Å²) in [5, 5.41) is 3.79. The molecule has 0 saturated carbocycles. The van der Waals surface area contributed by atoms with Crippen LogP contribution in [-0.4, -0.2) is 58.1 Å². The zero-order valence-electron chi connectivity index (χ0n) is 18.2. The summed E-state index contributed by atoms with van der Waals surface area (Å²) in [5.74, 6) is -0.243. The van der Waals surface area contributed by atoms with Gasteiger partial charge >= 0.3 is 0 Å². The molecule has 9 heteroatoms. The fourth-order valence-electron chi connectivity index (χ4n) is 3.87. The lowest BCUT2D eigenvalue weighted by Crippen LogP contribution is -2.46. The number of nitrogens with one attached hydrogen (secondary N) is 1. The summed E-state index contributed by atoms with van der Waals surface area (Å²) in [6.07, 6.45) is 2.24. The largest absolute Gasteiger partial charge is 0.345 e. The number of carbonyl (C=O) groups is 1. The molecule has 3 heterocycles. The number of carbonyl (C=O) groups excluding carboxylic acids is 1. The van der Waals surface area contributed by atoms with Crippen LogP contribution >= 0.6 is 11.3 Å². The molecule has 2 aromatic heterocycles. The van der Waals surface area contributed by atoms with Gasteiger partial charge in [0.05, 0.1) is 0 Å². The van der Waals surface area contributed by atoms with E-state index in [1.54, 1.807) is 0 Å². The maximum Gasteiger partial charge on any atom is 0.273 e. The van der Waals surface area contributed by atoms with Gasteiger partial charge in [0, 0.05) is 31.9 Å². The topological polar surface area (TPSA) is 83.4 Å². The molecule has 3 aromatic rings. The number of para-hydroxylation sites is 1. The molecule has 0 radical (unpaired) electrons. The number of aryl methyl sites for hydroxylation is 2. The van der Waals surface area contributed by atoms with E-state index in [0.29, 0.717) is 10.3 Å². The molecule has 0 spiro atoms. The van der Waals surface area contributed by atoms with Crippen molar-refractivity contribution in [3.8, 4) is 0 Å². The number of thiazole rings is 1. The minimum absolute atomic E-state index is 0.0817. The Morgan fingerprint density at radius 2 is 1.97 bits per heavy atom. The molecule has 1 aliphatic rings. The van der Waals surface area contributed by atoms with E-state index in [-0.39, 0.29) is 18.0 Å². The molecular weight excluding hydrogens is 412 g/mol. The van der Waals surface area contributed by atoms with E-state index in [4.69, 9.17) is 0 Å². The summed E-state index contributed by atoms with van der Waals surface area (Å²) in [4.78, 5) is 39.2. The number of fused-ring (bicyclic) bond motifs is 1. The lowest BCUT2D eigenvalue weighted by molar-refractivity contribution is -0.116. The van der Waals surface area contributed by atoms with Crippen molar-refractivity contribution in [2.24, 2.45) is 0 Å². The second-order valence-corrected chi connectivity index (χ2v) is 8.74. The molecule has 1 N–H and O–H groups in total. The highest BCUT2D eigenvalue weighted by molar-refractivity contribution is 7.22. The molecule has 31 heavy (non-hydrogen) atoms. The zero-order chi connectivity index (χ0) is 22.0. The predicted molar refractivity (Wildman–Crippen MR) is 125 cm³/mol. The third kappa shape index (κ3) is 4.47. The first-order chi connectivity index (χ1) is 15.0. The van der Waals surface area contributed by atoms with Gasteiger partial charge in [-0.15, -0.1) is 0 Å².